The molecule has 85 heavy (non-hydrogen) atoms. The molecule has 0 aliphatic heterocycles. The summed E-state index contributed by atoms with van der Waals surface area (Å²) < 4.78 is 17.4. The van der Waals surface area contributed by atoms with Crippen LogP contribution in [0.5, 0.6) is 34.5 Å². The Balaban J connectivity index is 0.000000298. The fraction of sp³-hybridized carbons (Fsp3) is 0.217. The van der Waals surface area contributed by atoms with Crippen LogP contribution in [0.3, 0.4) is 0 Å². The van der Waals surface area contributed by atoms with E-state index in [4.69, 9.17) is 34.6 Å². The fourth-order valence-electron chi connectivity index (χ4n) is 7.98. The predicted octanol–water partition coefficient (Wildman–Crippen LogP) is 14.7. The van der Waals surface area contributed by atoms with Crippen LogP contribution in [0.2, 0.25) is 0 Å². The molecule has 13 nitrogen and oxygen atoms in total. The van der Waals surface area contributed by atoms with Gasteiger partial charge in [0.25, 0.3) is 0 Å². The number of rotatable bonds is 14. The molecule has 0 spiro atoms. The summed E-state index contributed by atoms with van der Waals surface area (Å²) in [5.41, 5.74) is 12.2. The Bertz CT molecular complexity index is 3420. The van der Waals surface area contributed by atoms with Gasteiger partial charge in [-0.2, -0.15) is 0 Å². The van der Waals surface area contributed by atoms with Crippen LogP contribution in [-0.4, -0.2) is 74.7 Å². The van der Waals surface area contributed by atoms with E-state index in [9.17, 15) is 0 Å². The molecule has 0 amide bonds. The first-order chi connectivity index (χ1) is 39.5. The zero-order chi connectivity index (χ0) is 58.8. The van der Waals surface area contributed by atoms with Gasteiger partial charge in [-0.15, -0.1) is 89.5 Å². The van der Waals surface area contributed by atoms with Gasteiger partial charge >= 0.3 is 0 Å². The van der Waals surface area contributed by atoms with Gasteiger partial charge in [0.15, 0.2) is 0 Å². The number of aliphatic hydroxyl groups excluding tert-OH is 4. The van der Waals surface area contributed by atoms with Crippen LogP contribution < -0.4 is 14.2 Å². The molecule has 450 valence electrons. The summed E-state index contributed by atoms with van der Waals surface area (Å²) in [7, 11) is 0. The van der Waals surface area contributed by atoms with Gasteiger partial charge in [-0.05, 0) is 123 Å². The van der Waals surface area contributed by atoms with Crippen molar-refractivity contribution in [2.45, 2.75) is 99.6 Å². The number of nitrogens with zero attached hydrogens (tertiary/aromatic N) is 6. The topological polar surface area (TPSA) is 186 Å². The first-order valence-electron chi connectivity index (χ1n) is 26.9. The van der Waals surface area contributed by atoms with Crippen molar-refractivity contribution in [1.82, 2.24) is 29.9 Å². The summed E-state index contributed by atoms with van der Waals surface area (Å²) in [5, 5.41) is 34.3. The number of hydrogen-bond donors (Lipinski definition) is 4. The Labute approximate surface area is 542 Å². The van der Waals surface area contributed by atoms with E-state index in [1.807, 2.05) is 180 Å². The minimum Gasteiger partial charge on any atom is -0.502 e. The van der Waals surface area contributed by atoms with Crippen molar-refractivity contribution in [2.24, 2.45) is 0 Å². The van der Waals surface area contributed by atoms with Gasteiger partial charge < -0.3 is 49.6 Å². The van der Waals surface area contributed by atoms with Crippen LogP contribution >= 0.6 is 0 Å². The third-order valence-electron chi connectivity index (χ3n) is 11.7. The van der Waals surface area contributed by atoms with Crippen molar-refractivity contribution in [2.75, 3.05) is 0 Å². The quantitative estimate of drug-likeness (QED) is 0.0755. The van der Waals surface area contributed by atoms with Gasteiger partial charge in [-0.25, -0.2) is 0 Å². The van der Waals surface area contributed by atoms with Gasteiger partial charge in [0.05, 0.1) is 35.8 Å². The van der Waals surface area contributed by atoms with Gasteiger partial charge in [0, 0.05) is 137 Å². The smallest absolute Gasteiger partial charge is 0.114 e. The second kappa shape index (κ2) is 38.1. The molecule has 0 aliphatic rings. The normalized spacial score (nSPS) is 11.4. The van der Waals surface area contributed by atoms with Crippen molar-refractivity contribution < 1.29 is 95.9 Å². The van der Waals surface area contributed by atoms with Crippen LogP contribution in [0.25, 0.3) is 44.9 Å². The number of benzene rings is 7. The zero-order valence-electron chi connectivity index (χ0n) is 48.9. The molecule has 4 unspecified atom stereocenters. The molecule has 3 aromatic heterocycles. The molecule has 0 bridgehead atoms. The molecular formula is C69H71Ir2N6O7Pt-3. The first-order valence-corrected chi connectivity index (χ1v) is 26.9. The summed E-state index contributed by atoms with van der Waals surface area (Å²) >= 11 is 0. The molecule has 4 N–H and O–H groups in total. The third kappa shape index (κ3) is 25.6. The minimum absolute atomic E-state index is 0. The SMILES string of the molecule is CC(O)CC(C)O.CC(O)CC(C)O.Cc1cnc(-c2[c-]cc(Oc3ccc(-c4ccccc4)cc3)cc2)c(C)n1.Cc1cnc(-c2[c-]cc(Oc3ccccc3)cc2)c(C)n1.Cc1nccnc1-c1[c-]cc(Oc2ccccc2)cc1.[Ir].[Ir].[Pt]. The Morgan fingerprint density at radius 1 is 0.365 bits per heavy atom. The van der Waals surface area contributed by atoms with Crippen molar-refractivity contribution in [3.8, 4) is 79.4 Å². The van der Waals surface area contributed by atoms with E-state index >= 15 is 0 Å². The van der Waals surface area contributed by atoms with Crippen LogP contribution in [0.15, 0.2) is 195 Å². The number of ether oxygens (including phenoxy) is 3. The van der Waals surface area contributed by atoms with Crippen LogP contribution in [0.4, 0.5) is 0 Å². The monoisotopic (exact) mass is 1680 g/mol. The van der Waals surface area contributed by atoms with E-state index in [2.05, 4.69) is 72.4 Å². The molecule has 0 saturated heterocycles. The predicted molar refractivity (Wildman–Crippen MR) is 324 cm³/mol. The molecule has 0 aliphatic carbocycles. The molecule has 7 aromatic carbocycles. The Hall–Kier alpha value is -6.99. The number of hydrogen-bond acceptors (Lipinski definition) is 13. The maximum atomic E-state index is 8.56. The average Bonchev–Trinajstić information content (AvgIpc) is 3.67. The largest absolute Gasteiger partial charge is 0.502 e. The number of aromatic nitrogens is 6. The number of aryl methyl sites for hydroxylation is 5. The van der Waals surface area contributed by atoms with Gasteiger partial charge in [-0.3, -0.25) is 15.0 Å². The zero-order valence-corrected chi connectivity index (χ0v) is 55.9. The molecule has 2 radical (unpaired) electrons. The molecule has 3 heterocycles. The summed E-state index contributed by atoms with van der Waals surface area (Å²) in [5.74, 6) is 4.66. The Morgan fingerprint density at radius 2 is 0.671 bits per heavy atom. The summed E-state index contributed by atoms with van der Waals surface area (Å²) in [6.07, 6.45) is 6.36. The van der Waals surface area contributed by atoms with Crippen molar-refractivity contribution in [1.29, 1.82) is 0 Å². The van der Waals surface area contributed by atoms with E-state index in [0.29, 0.717) is 12.8 Å². The molecule has 4 atom stereocenters. The maximum Gasteiger partial charge on any atom is 0.114 e. The van der Waals surface area contributed by atoms with E-state index in [0.717, 1.165) is 96.7 Å². The second-order valence-electron chi connectivity index (χ2n) is 19.4. The van der Waals surface area contributed by atoms with Crippen molar-refractivity contribution in [3.05, 3.63) is 241 Å². The molecule has 16 heteroatoms. The van der Waals surface area contributed by atoms with Crippen molar-refractivity contribution >= 4 is 0 Å². The molecule has 10 rings (SSSR count). The van der Waals surface area contributed by atoms with E-state index in [-0.39, 0.29) is 85.7 Å². The average molecular weight is 1680 g/mol. The first kappa shape index (κ1) is 72.3. The van der Waals surface area contributed by atoms with Gasteiger partial charge in [0.1, 0.15) is 17.2 Å². The molecule has 10 aromatic rings. The molecule has 0 saturated carbocycles. The van der Waals surface area contributed by atoms with Crippen LogP contribution in [-0.2, 0) is 61.3 Å². The van der Waals surface area contributed by atoms with E-state index < -0.39 is 0 Å². The number of para-hydroxylation sites is 2. The van der Waals surface area contributed by atoms with E-state index in [1.165, 1.54) is 11.1 Å². The van der Waals surface area contributed by atoms with Crippen molar-refractivity contribution in [3.63, 3.8) is 0 Å². The van der Waals surface area contributed by atoms with Crippen LogP contribution in [0, 0.1) is 52.8 Å². The van der Waals surface area contributed by atoms with Crippen LogP contribution in [0.1, 0.15) is 69.0 Å². The van der Waals surface area contributed by atoms with Gasteiger partial charge in [0.2, 0.25) is 0 Å². The molecular weight excluding hydrogens is 1600 g/mol. The Kier molecular flexibility index (Phi) is 32.4. The third-order valence-corrected chi connectivity index (χ3v) is 11.7. The standard InChI is InChI=1S/C24H19N2O.C18H15N2O.C17H13N2O.2C5H12O2.2Ir.Pt/c1-17-16-25-24(18(2)26-17)21-10-14-23(15-11-21)27-22-12-8-20(9-13-22)19-6-4-3-5-7-19;1-13-12-19-18(14(2)20-13)15-8-10-17(11-9-15)21-16-6-4-3-5-7-16;1-13-17(19-12-11-18-13)14-7-9-16(10-8-14)20-15-5-3-2-4-6-15;2*1-4(6)3-5(2)7;;;/h3-10,12-16H,1-2H3;3-8,10-12H,1-2H3;2-7,9-12H,1H3;2*4-7H,3H2,1-2H3;;;/q3*-1;;;;;. The van der Waals surface area contributed by atoms with Gasteiger partial charge in [-0.1, -0.05) is 78.9 Å². The summed E-state index contributed by atoms with van der Waals surface area (Å²) in [6.45, 7) is 16.4. The summed E-state index contributed by atoms with van der Waals surface area (Å²) in [6, 6.07) is 64.4. The number of aliphatic hydroxyl groups is 4. The minimum atomic E-state index is -0.375. The fourth-order valence-corrected chi connectivity index (χ4v) is 7.98. The summed E-state index contributed by atoms with van der Waals surface area (Å²) in [4.78, 5) is 26.3. The maximum absolute atomic E-state index is 8.56. The molecule has 0 fully saturated rings. The van der Waals surface area contributed by atoms with E-state index in [1.54, 1.807) is 52.5 Å². The second-order valence-corrected chi connectivity index (χ2v) is 19.4. The Morgan fingerprint density at radius 3 is 0.976 bits per heavy atom.